The van der Waals surface area contributed by atoms with E-state index in [1.807, 2.05) is 30.5 Å². The van der Waals surface area contributed by atoms with Crippen molar-refractivity contribution in [1.82, 2.24) is 9.88 Å². The van der Waals surface area contributed by atoms with Crippen molar-refractivity contribution < 1.29 is 14.3 Å². The van der Waals surface area contributed by atoms with Crippen LogP contribution in [0.2, 0.25) is 10.0 Å². The van der Waals surface area contributed by atoms with Crippen LogP contribution in [0.5, 0.6) is 0 Å². The molecule has 0 aliphatic carbocycles. The first-order chi connectivity index (χ1) is 14.5. The molecule has 0 radical (unpaired) electrons. The van der Waals surface area contributed by atoms with Gasteiger partial charge in [-0.1, -0.05) is 47.5 Å². The number of halogens is 2. The van der Waals surface area contributed by atoms with E-state index in [0.717, 1.165) is 16.5 Å². The van der Waals surface area contributed by atoms with Gasteiger partial charge in [0.05, 0.1) is 27.7 Å². The van der Waals surface area contributed by atoms with Gasteiger partial charge in [0, 0.05) is 22.7 Å². The molecule has 1 saturated heterocycles. The highest BCUT2D eigenvalue weighted by atomic mass is 35.5. The molecule has 1 amide bonds. The Morgan fingerprint density at radius 3 is 2.83 bits per heavy atom. The number of thioether (sulfide) groups is 1. The Morgan fingerprint density at radius 1 is 1.23 bits per heavy atom. The molecule has 2 aromatic carbocycles. The molecule has 2 heterocycles. The summed E-state index contributed by atoms with van der Waals surface area (Å²) in [5.41, 5.74) is 2.16. The average molecular weight is 460 g/mol. The maximum atomic E-state index is 12.5. The van der Waals surface area contributed by atoms with E-state index in [-0.39, 0.29) is 18.4 Å². The van der Waals surface area contributed by atoms with Gasteiger partial charge in [-0.15, -0.1) is 0 Å². The first-order valence-electron chi connectivity index (χ1n) is 8.84. The number of nitrogens with one attached hydrogen (secondary N) is 1. The molecule has 1 aromatic heterocycles. The van der Waals surface area contributed by atoms with E-state index in [1.54, 1.807) is 28.8 Å². The molecule has 1 aliphatic heterocycles. The van der Waals surface area contributed by atoms with Crippen LogP contribution in [0.3, 0.4) is 0 Å². The van der Waals surface area contributed by atoms with Crippen molar-refractivity contribution in [2.45, 2.75) is 6.54 Å². The van der Waals surface area contributed by atoms with Crippen molar-refractivity contribution in [2.75, 3.05) is 7.11 Å². The smallest absolute Gasteiger partial charge is 0.325 e. The Kier molecular flexibility index (Phi) is 5.85. The molecule has 30 heavy (non-hydrogen) atoms. The van der Waals surface area contributed by atoms with Crippen LogP contribution < -0.4 is 5.32 Å². The lowest BCUT2D eigenvalue weighted by Gasteiger charge is -2.02. The lowest BCUT2D eigenvalue weighted by atomic mass is 10.1. The second kappa shape index (κ2) is 8.55. The van der Waals surface area contributed by atoms with Gasteiger partial charge in [0.2, 0.25) is 0 Å². The van der Waals surface area contributed by atoms with Gasteiger partial charge in [0.1, 0.15) is 6.54 Å². The molecule has 1 N–H and O–H groups in total. The zero-order valence-electron chi connectivity index (χ0n) is 15.7. The van der Waals surface area contributed by atoms with Crippen molar-refractivity contribution in [2.24, 2.45) is 4.99 Å². The van der Waals surface area contributed by atoms with Crippen LogP contribution >= 0.6 is 35.0 Å². The van der Waals surface area contributed by atoms with Gasteiger partial charge < -0.3 is 14.6 Å². The number of benzene rings is 2. The Morgan fingerprint density at radius 2 is 2.03 bits per heavy atom. The van der Waals surface area contributed by atoms with Crippen LogP contribution in [0.25, 0.3) is 17.0 Å². The van der Waals surface area contributed by atoms with Crippen molar-refractivity contribution >= 4 is 74.7 Å². The number of ether oxygens (including phenoxy) is 1. The van der Waals surface area contributed by atoms with Crippen molar-refractivity contribution in [3.8, 4) is 0 Å². The van der Waals surface area contributed by atoms with Crippen LogP contribution in [-0.4, -0.2) is 28.7 Å². The number of aliphatic imine (C=N–C) groups is 1. The maximum absolute atomic E-state index is 12.5. The second-order valence-corrected chi connectivity index (χ2v) is 8.18. The molecule has 0 saturated carbocycles. The Labute approximate surface area is 186 Å². The largest absolute Gasteiger partial charge is 0.468 e. The predicted molar refractivity (Wildman–Crippen MR) is 121 cm³/mol. The number of amides is 1. The first kappa shape index (κ1) is 20.5. The minimum Gasteiger partial charge on any atom is -0.468 e. The van der Waals surface area contributed by atoms with Crippen LogP contribution in [0, 0.1) is 0 Å². The summed E-state index contributed by atoms with van der Waals surface area (Å²) in [4.78, 5) is 29.1. The van der Waals surface area contributed by atoms with Gasteiger partial charge in [0.25, 0.3) is 5.91 Å². The molecule has 3 aromatic rings. The summed E-state index contributed by atoms with van der Waals surface area (Å²) in [5, 5.41) is 4.79. The van der Waals surface area contributed by atoms with Gasteiger partial charge >= 0.3 is 5.97 Å². The molecule has 0 spiro atoms. The molecular weight excluding hydrogens is 445 g/mol. The molecule has 1 fully saturated rings. The minimum absolute atomic E-state index is 0.0828. The van der Waals surface area contributed by atoms with Crippen LogP contribution in [0.1, 0.15) is 5.56 Å². The van der Waals surface area contributed by atoms with Gasteiger partial charge in [-0.3, -0.25) is 9.59 Å². The molecule has 0 atom stereocenters. The Hall–Kier alpha value is -2.74. The van der Waals surface area contributed by atoms with Gasteiger partial charge in [-0.05, 0) is 36.0 Å². The zero-order chi connectivity index (χ0) is 21.3. The molecule has 0 bridgehead atoms. The number of aromatic nitrogens is 1. The van der Waals surface area contributed by atoms with Crippen LogP contribution in [0.15, 0.2) is 58.6 Å². The summed E-state index contributed by atoms with van der Waals surface area (Å²) in [6.07, 6.45) is 3.60. The highest BCUT2D eigenvalue weighted by Gasteiger charge is 2.25. The number of hydrogen-bond acceptors (Lipinski definition) is 5. The molecule has 1 aliphatic rings. The third-order valence-corrected chi connectivity index (χ3v) is 6.16. The number of methoxy groups -OCH3 is 1. The van der Waals surface area contributed by atoms with E-state index < -0.39 is 0 Å². The Balaban J connectivity index is 1.68. The van der Waals surface area contributed by atoms with Crippen molar-refractivity contribution in [1.29, 1.82) is 0 Å². The van der Waals surface area contributed by atoms with Crippen LogP contribution in [0.4, 0.5) is 5.69 Å². The molecule has 4 rings (SSSR count). The lowest BCUT2D eigenvalue weighted by molar-refractivity contribution is -0.141. The van der Waals surface area contributed by atoms with E-state index in [2.05, 4.69) is 10.3 Å². The fraction of sp³-hybridized carbons (Fsp3) is 0.0952. The van der Waals surface area contributed by atoms with E-state index in [0.29, 0.717) is 25.8 Å². The quantitative estimate of drug-likeness (QED) is 0.439. The minimum atomic E-state index is -0.351. The number of carbonyl (C=O) groups is 2. The third kappa shape index (κ3) is 4.09. The normalized spacial score (nSPS) is 16.4. The fourth-order valence-corrected chi connectivity index (χ4v) is 4.20. The summed E-state index contributed by atoms with van der Waals surface area (Å²) >= 11 is 13.4. The van der Waals surface area contributed by atoms with E-state index in [4.69, 9.17) is 27.9 Å². The second-order valence-electron chi connectivity index (χ2n) is 6.36. The molecule has 0 unspecified atom stereocenters. The summed E-state index contributed by atoms with van der Waals surface area (Å²) < 4.78 is 6.57. The number of para-hydroxylation sites is 1. The molecule has 9 heteroatoms. The third-order valence-electron chi connectivity index (χ3n) is 4.44. The number of amidine groups is 1. The summed E-state index contributed by atoms with van der Waals surface area (Å²) in [6, 6.07) is 12.8. The maximum Gasteiger partial charge on any atom is 0.325 e. The Bertz CT molecular complexity index is 1230. The van der Waals surface area contributed by atoms with Crippen molar-refractivity contribution in [3.63, 3.8) is 0 Å². The molecule has 6 nitrogen and oxygen atoms in total. The van der Waals surface area contributed by atoms with Crippen LogP contribution in [-0.2, 0) is 20.9 Å². The zero-order valence-corrected chi connectivity index (χ0v) is 18.0. The number of carbonyl (C=O) groups excluding carboxylic acids is 2. The number of fused-ring (bicyclic) bond motifs is 1. The number of nitrogens with zero attached hydrogens (tertiary/aromatic N) is 2. The van der Waals surface area contributed by atoms with E-state index in [9.17, 15) is 9.59 Å². The molecule has 152 valence electrons. The fourth-order valence-electron chi connectivity index (χ4n) is 3.03. The monoisotopic (exact) mass is 459 g/mol. The number of rotatable bonds is 4. The lowest BCUT2D eigenvalue weighted by Crippen LogP contribution is -2.19. The van der Waals surface area contributed by atoms with E-state index in [1.165, 1.54) is 18.9 Å². The number of esters is 1. The number of hydrogen-bond donors (Lipinski definition) is 1. The summed E-state index contributed by atoms with van der Waals surface area (Å²) in [6.45, 7) is 0.0828. The molecular formula is C21H15Cl2N3O3S. The highest BCUT2D eigenvalue weighted by Crippen LogP contribution is 2.35. The predicted octanol–water partition coefficient (Wildman–Crippen LogP) is 5.01. The summed E-state index contributed by atoms with van der Waals surface area (Å²) in [5.74, 6) is -0.613. The summed E-state index contributed by atoms with van der Waals surface area (Å²) in [7, 11) is 1.35. The SMILES string of the molecule is COC(=O)Cn1cc(/C=C2\SC(=Nc3cccc(Cl)c3Cl)NC2=O)c2ccccc21. The van der Waals surface area contributed by atoms with Gasteiger partial charge in [-0.25, -0.2) is 4.99 Å². The highest BCUT2D eigenvalue weighted by molar-refractivity contribution is 8.18. The van der Waals surface area contributed by atoms with Crippen molar-refractivity contribution in [3.05, 3.63) is 69.2 Å². The average Bonchev–Trinajstić information content (AvgIpc) is 3.26. The van der Waals surface area contributed by atoms with Gasteiger partial charge in [0.15, 0.2) is 5.17 Å². The standard InChI is InChI=1S/C21H15Cl2N3O3S/c1-29-18(27)11-26-10-12(13-5-2-3-8-16(13)26)9-17-20(28)25-21(30-17)24-15-7-4-6-14(22)19(15)23/h2-10H,11H2,1H3,(H,24,25,28)/b17-9-. The van der Waals surface area contributed by atoms with E-state index >= 15 is 0 Å². The van der Waals surface area contributed by atoms with Gasteiger partial charge in [-0.2, -0.15) is 0 Å². The first-order valence-corrected chi connectivity index (χ1v) is 10.4. The topological polar surface area (TPSA) is 72.7 Å².